The van der Waals surface area contributed by atoms with Crippen molar-refractivity contribution >= 4 is 9.84 Å². The maximum atomic E-state index is 11.1. The predicted octanol–water partition coefficient (Wildman–Crippen LogP) is 1.04. The summed E-state index contributed by atoms with van der Waals surface area (Å²) in [7, 11) is -1.00. The van der Waals surface area contributed by atoms with Gasteiger partial charge in [0, 0.05) is 24.2 Å². The molecule has 0 saturated carbocycles. The van der Waals surface area contributed by atoms with Gasteiger partial charge >= 0.3 is 0 Å². The molecular weight excluding hydrogens is 236 g/mol. The first-order valence-corrected chi connectivity index (χ1v) is 7.82. The van der Waals surface area contributed by atoms with Gasteiger partial charge in [-0.25, -0.2) is 8.42 Å². The van der Waals surface area contributed by atoms with Gasteiger partial charge in [-0.3, -0.25) is 4.98 Å². The average Bonchev–Trinajstić information content (AvgIpc) is 2.29. The van der Waals surface area contributed by atoms with Crippen LogP contribution in [-0.2, 0) is 16.3 Å². The Labute approximate surface area is 103 Å². The van der Waals surface area contributed by atoms with Crippen molar-refractivity contribution in [1.82, 2.24) is 10.3 Å². The minimum Gasteiger partial charge on any atom is -0.317 e. The first-order valence-electron chi connectivity index (χ1n) is 5.76. The van der Waals surface area contributed by atoms with Gasteiger partial charge in [0.2, 0.25) is 0 Å². The molecule has 1 aromatic rings. The van der Waals surface area contributed by atoms with E-state index in [0.29, 0.717) is 6.42 Å². The summed E-state index contributed by atoms with van der Waals surface area (Å²) in [5.41, 5.74) is 1.05. The third-order valence-electron chi connectivity index (χ3n) is 2.72. The van der Waals surface area contributed by atoms with Crippen molar-refractivity contribution in [3.05, 3.63) is 30.1 Å². The van der Waals surface area contributed by atoms with Gasteiger partial charge in [-0.05, 0) is 38.4 Å². The topological polar surface area (TPSA) is 59.1 Å². The second-order valence-electron chi connectivity index (χ2n) is 4.26. The van der Waals surface area contributed by atoms with Crippen LogP contribution in [0.25, 0.3) is 0 Å². The first-order chi connectivity index (χ1) is 8.01. The average molecular weight is 256 g/mol. The van der Waals surface area contributed by atoms with Crippen LogP contribution in [0, 0.1) is 0 Å². The van der Waals surface area contributed by atoms with Crippen LogP contribution in [0.1, 0.15) is 18.5 Å². The van der Waals surface area contributed by atoms with Crippen LogP contribution >= 0.6 is 0 Å². The molecule has 1 N–H and O–H groups in total. The van der Waals surface area contributed by atoms with E-state index in [1.807, 2.05) is 25.2 Å². The van der Waals surface area contributed by atoms with E-state index in [4.69, 9.17) is 0 Å². The van der Waals surface area contributed by atoms with Crippen molar-refractivity contribution in [3.8, 4) is 0 Å². The highest BCUT2D eigenvalue weighted by Gasteiger charge is 2.10. The lowest BCUT2D eigenvalue weighted by Gasteiger charge is -2.15. The zero-order valence-corrected chi connectivity index (χ0v) is 11.2. The lowest BCUT2D eigenvalue weighted by atomic mass is 10.1. The molecule has 0 aromatic carbocycles. The predicted molar refractivity (Wildman–Crippen MR) is 69.7 cm³/mol. The van der Waals surface area contributed by atoms with E-state index in [2.05, 4.69) is 10.3 Å². The Morgan fingerprint density at radius 2 is 2.12 bits per heavy atom. The smallest absolute Gasteiger partial charge is 0.147 e. The fourth-order valence-corrected chi connectivity index (χ4v) is 2.37. The van der Waals surface area contributed by atoms with E-state index in [-0.39, 0.29) is 11.8 Å². The number of hydrogen-bond acceptors (Lipinski definition) is 4. The zero-order chi connectivity index (χ0) is 12.7. The zero-order valence-electron chi connectivity index (χ0n) is 10.4. The highest BCUT2D eigenvalue weighted by atomic mass is 32.2. The summed E-state index contributed by atoms with van der Waals surface area (Å²) in [6.45, 7) is 0. The minimum atomic E-state index is -2.87. The monoisotopic (exact) mass is 256 g/mol. The molecule has 1 aromatic heterocycles. The maximum Gasteiger partial charge on any atom is 0.147 e. The highest BCUT2D eigenvalue weighted by Crippen LogP contribution is 2.06. The van der Waals surface area contributed by atoms with Crippen molar-refractivity contribution < 1.29 is 8.42 Å². The van der Waals surface area contributed by atoms with Gasteiger partial charge < -0.3 is 5.32 Å². The molecule has 1 rings (SSSR count). The van der Waals surface area contributed by atoms with Gasteiger partial charge in [-0.1, -0.05) is 6.07 Å². The molecular formula is C12H20N2O2S. The molecule has 0 spiro atoms. The first kappa shape index (κ1) is 14.1. The fourth-order valence-electron chi connectivity index (χ4n) is 1.66. The standard InChI is InChI=1S/C12H20N2O2S/c1-13-11(8-10-17(2,15)16)6-7-12-5-3-4-9-14-12/h3-5,9,11,13H,6-8,10H2,1-2H3. The number of nitrogens with one attached hydrogen (secondary N) is 1. The Morgan fingerprint density at radius 3 is 2.65 bits per heavy atom. The highest BCUT2D eigenvalue weighted by molar-refractivity contribution is 7.90. The SMILES string of the molecule is CNC(CCc1ccccn1)CCS(C)(=O)=O. The van der Waals surface area contributed by atoms with Gasteiger partial charge in [-0.15, -0.1) is 0 Å². The summed E-state index contributed by atoms with van der Waals surface area (Å²) in [5.74, 6) is 0.237. The third kappa shape index (κ3) is 6.38. The van der Waals surface area contributed by atoms with Crippen molar-refractivity contribution in [2.75, 3.05) is 19.1 Å². The molecule has 1 atom stereocenters. The maximum absolute atomic E-state index is 11.1. The lowest BCUT2D eigenvalue weighted by Crippen LogP contribution is -2.28. The van der Waals surface area contributed by atoms with E-state index in [9.17, 15) is 8.42 Å². The molecule has 0 radical (unpaired) electrons. The van der Waals surface area contributed by atoms with Crippen LogP contribution in [0.15, 0.2) is 24.4 Å². The number of sulfone groups is 1. The summed E-state index contributed by atoms with van der Waals surface area (Å²) in [4.78, 5) is 4.25. The molecule has 0 fully saturated rings. The van der Waals surface area contributed by atoms with Gasteiger partial charge in [0.25, 0.3) is 0 Å². The van der Waals surface area contributed by atoms with Crippen LogP contribution in [0.2, 0.25) is 0 Å². The molecule has 96 valence electrons. The number of aromatic nitrogens is 1. The van der Waals surface area contributed by atoms with Crippen molar-refractivity contribution in [1.29, 1.82) is 0 Å². The molecule has 0 aliphatic heterocycles. The summed E-state index contributed by atoms with van der Waals surface area (Å²) >= 11 is 0. The minimum absolute atomic E-state index is 0.228. The molecule has 1 unspecified atom stereocenters. The third-order valence-corrected chi connectivity index (χ3v) is 3.70. The fraction of sp³-hybridized carbons (Fsp3) is 0.583. The second-order valence-corrected chi connectivity index (χ2v) is 6.52. The summed E-state index contributed by atoms with van der Waals surface area (Å²) < 4.78 is 22.2. The van der Waals surface area contributed by atoms with Crippen molar-refractivity contribution in [2.45, 2.75) is 25.3 Å². The molecule has 0 amide bonds. The molecule has 17 heavy (non-hydrogen) atoms. The number of nitrogens with zero attached hydrogens (tertiary/aromatic N) is 1. The van der Waals surface area contributed by atoms with E-state index in [1.54, 1.807) is 6.20 Å². The molecule has 5 heteroatoms. The van der Waals surface area contributed by atoms with E-state index >= 15 is 0 Å². The number of hydrogen-bond donors (Lipinski definition) is 1. The van der Waals surface area contributed by atoms with Crippen LogP contribution in [0.4, 0.5) is 0 Å². The van der Waals surface area contributed by atoms with E-state index < -0.39 is 9.84 Å². The van der Waals surface area contributed by atoms with Crippen LogP contribution in [0.5, 0.6) is 0 Å². The normalized spacial score (nSPS) is 13.5. The quantitative estimate of drug-likeness (QED) is 0.792. The Kier molecular flexibility index (Phi) is 5.58. The number of rotatable bonds is 7. The van der Waals surface area contributed by atoms with Crippen LogP contribution < -0.4 is 5.32 Å². The van der Waals surface area contributed by atoms with Crippen molar-refractivity contribution in [3.63, 3.8) is 0 Å². The molecule has 0 aliphatic rings. The second kappa shape index (κ2) is 6.71. The van der Waals surface area contributed by atoms with Gasteiger partial charge in [0.1, 0.15) is 9.84 Å². The molecule has 0 aliphatic carbocycles. The Morgan fingerprint density at radius 1 is 1.35 bits per heavy atom. The number of pyridine rings is 1. The Balaban J connectivity index is 2.38. The summed E-state index contributed by atoms with van der Waals surface area (Å²) in [6, 6.07) is 6.07. The molecule has 4 nitrogen and oxygen atoms in total. The number of aryl methyl sites for hydroxylation is 1. The van der Waals surface area contributed by atoms with Crippen LogP contribution in [-0.4, -0.2) is 38.5 Å². The van der Waals surface area contributed by atoms with Gasteiger partial charge in [0.15, 0.2) is 0 Å². The summed E-state index contributed by atoms with van der Waals surface area (Å²) in [5, 5.41) is 3.15. The van der Waals surface area contributed by atoms with E-state index in [0.717, 1.165) is 18.5 Å². The molecule has 1 heterocycles. The summed E-state index contributed by atoms with van der Waals surface area (Å²) in [6.07, 6.45) is 5.49. The van der Waals surface area contributed by atoms with Crippen LogP contribution in [0.3, 0.4) is 0 Å². The van der Waals surface area contributed by atoms with E-state index in [1.165, 1.54) is 6.26 Å². The lowest BCUT2D eigenvalue weighted by molar-refractivity contribution is 0.502. The van der Waals surface area contributed by atoms with Gasteiger partial charge in [-0.2, -0.15) is 0 Å². The molecule has 0 saturated heterocycles. The molecule has 0 bridgehead atoms. The Hall–Kier alpha value is -0.940. The largest absolute Gasteiger partial charge is 0.317 e. The van der Waals surface area contributed by atoms with Gasteiger partial charge in [0.05, 0.1) is 5.75 Å². The van der Waals surface area contributed by atoms with Crippen molar-refractivity contribution in [2.24, 2.45) is 0 Å². The Bertz CT molecular complexity index is 417.